The fourth-order valence-electron chi connectivity index (χ4n) is 2.72. The van der Waals surface area contributed by atoms with Gasteiger partial charge in [0.15, 0.2) is 5.96 Å². The zero-order valence-corrected chi connectivity index (χ0v) is 16.1. The van der Waals surface area contributed by atoms with Gasteiger partial charge in [-0.1, -0.05) is 0 Å². The van der Waals surface area contributed by atoms with Gasteiger partial charge in [-0.25, -0.2) is 4.79 Å². The Balaban J connectivity index is 1.73. The summed E-state index contributed by atoms with van der Waals surface area (Å²) >= 11 is 0. The van der Waals surface area contributed by atoms with E-state index in [0.717, 1.165) is 44.5 Å². The summed E-state index contributed by atoms with van der Waals surface area (Å²) in [5.41, 5.74) is -0.473. The van der Waals surface area contributed by atoms with Crippen LogP contribution >= 0.6 is 0 Å². The molecular weight excluding hydrogens is 320 g/mol. The number of carbonyl (C=O) groups is 1. The van der Waals surface area contributed by atoms with E-state index in [9.17, 15) is 4.79 Å². The van der Waals surface area contributed by atoms with Gasteiger partial charge in [0.1, 0.15) is 5.60 Å². The number of hydrogen-bond acceptors (Lipinski definition) is 4. The Morgan fingerprint density at radius 2 is 2.04 bits per heavy atom. The van der Waals surface area contributed by atoms with Gasteiger partial charge in [-0.05, 0) is 52.9 Å². The summed E-state index contributed by atoms with van der Waals surface area (Å²) in [6, 6.07) is 0.0878. The Kier molecular flexibility index (Phi) is 7.35. The molecule has 1 saturated heterocycles. The maximum atomic E-state index is 11.9. The van der Waals surface area contributed by atoms with Gasteiger partial charge < -0.3 is 25.0 Å². The minimum absolute atomic E-state index is 0.0878. The van der Waals surface area contributed by atoms with Crippen LogP contribution in [0.1, 0.15) is 47.0 Å². The van der Waals surface area contributed by atoms with E-state index in [1.807, 2.05) is 20.8 Å². The third kappa shape index (κ3) is 7.94. The fourth-order valence-corrected chi connectivity index (χ4v) is 2.72. The number of nitrogens with zero attached hydrogens (tertiary/aromatic N) is 2. The normalized spacial score (nSPS) is 21.4. The van der Waals surface area contributed by atoms with Gasteiger partial charge in [0.25, 0.3) is 0 Å². The van der Waals surface area contributed by atoms with Crippen molar-refractivity contribution in [3.05, 3.63) is 0 Å². The van der Waals surface area contributed by atoms with Gasteiger partial charge in [0, 0.05) is 26.2 Å². The summed E-state index contributed by atoms with van der Waals surface area (Å²) in [5, 5.41) is 6.27. The minimum Gasteiger partial charge on any atom is -0.444 e. The molecule has 0 radical (unpaired) electrons. The summed E-state index contributed by atoms with van der Waals surface area (Å²) in [7, 11) is 0. The molecule has 2 rings (SSSR count). The molecule has 7 nitrogen and oxygen atoms in total. The summed E-state index contributed by atoms with van der Waals surface area (Å²) in [6.45, 7) is 12.3. The van der Waals surface area contributed by atoms with Crippen molar-refractivity contribution in [1.29, 1.82) is 0 Å². The van der Waals surface area contributed by atoms with Crippen LogP contribution in [-0.2, 0) is 9.47 Å². The zero-order chi connectivity index (χ0) is 18.3. The number of alkyl carbamates (subject to hydrolysis) is 1. The zero-order valence-electron chi connectivity index (χ0n) is 16.1. The fraction of sp³-hybridized carbons (Fsp3) is 0.889. The molecule has 1 atom stereocenters. The Hall–Kier alpha value is -1.50. The van der Waals surface area contributed by atoms with E-state index in [1.165, 1.54) is 12.8 Å². The van der Waals surface area contributed by atoms with Crippen LogP contribution in [0.5, 0.6) is 0 Å². The molecule has 0 aromatic carbocycles. The molecule has 2 aliphatic rings. The molecule has 2 fully saturated rings. The molecule has 0 aromatic rings. The highest BCUT2D eigenvalue weighted by atomic mass is 16.6. The van der Waals surface area contributed by atoms with Crippen molar-refractivity contribution in [2.24, 2.45) is 10.9 Å². The summed E-state index contributed by atoms with van der Waals surface area (Å²) < 4.78 is 11.0. The molecular formula is C18H34N4O3. The van der Waals surface area contributed by atoms with Gasteiger partial charge in [0.05, 0.1) is 19.2 Å². The van der Waals surface area contributed by atoms with Crippen LogP contribution < -0.4 is 10.6 Å². The molecule has 1 saturated carbocycles. The molecule has 7 heteroatoms. The van der Waals surface area contributed by atoms with E-state index in [4.69, 9.17) is 9.47 Å². The standard InChI is InChI=1S/C18H34N4O3/c1-5-19-16(20-9-11-24-13-14-6-7-14)22-10-8-15(12-22)21-17(23)25-18(2,3)4/h14-15H,5-13H2,1-4H3,(H,19,20)(H,21,23). The smallest absolute Gasteiger partial charge is 0.407 e. The van der Waals surface area contributed by atoms with Crippen molar-refractivity contribution in [3.63, 3.8) is 0 Å². The SMILES string of the molecule is CCNC(=NCCOCC1CC1)N1CCC(NC(=O)OC(C)(C)C)C1. The summed E-state index contributed by atoms with van der Waals surface area (Å²) in [4.78, 5) is 18.7. The Bertz CT molecular complexity index is 458. The van der Waals surface area contributed by atoms with Crippen LogP contribution in [0.2, 0.25) is 0 Å². The number of likely N-dealkylation sites (tertiary alicyclic amines) is 1. The molecule has 1 heterocycles. The molecule has 0 spiro atoms. The van der Waals surface area contributed by atoms with E-state index in [2.05, 4.69) is 27.4 Å². The molecule has 0 aromatic heterocycles. The second-order valence-corrected chi connectivity index (χ2v) is 7.83. The van der Waals surface area contributed by atoms with E-state index in [1.54, 1.807) is 0 Å². The first kappa shape index (κ1) is 19.8. The second-order valence-electron chi connectivity index (χ2n) is 7.83. The number of carbonyl (C=O) groups excluding carboxylic acids is 1. The number of guanidine groups is 1. The molecule has 2 N–H and O–H groups in total. The highest BCUT2D eigenvalue weighted by Crippen LogP contribution is 2.28. The quantitative estimate of drug-likeness (QED) is 0.415. The summed E-state index contributed by atoms with van der Waals surface area (Å²) in [6.07, 6.45) is 3.16. The largest absolute Gasteiger partial charge is 0.444 e. The number of nitrogens with one attached hydrogen (secondary N) is 2. The molecule has 0 bridgehead atoms. The third-order valence-electron chi connectivity index (χ3n) is 4.09. The van der Waals surface area contributed by atoms with E-state index in [0.29, 0.717) is 13.2 Å². The van der Waals surface area contributed by atoms with E-state index < -0.39 is 5.60 Å². The molecule has 1 aliphatic heterocycles. The summed E-state index contributed by atoms with van der Waals surface area (Å²) in [5.74, 6) is 1.68. The first-order valence-corrected chi connectivity index (χ1v) is 9.48. The average Bonchev–Trinajstić information content (AvgIpc) is 3.22. The first-order chi connectivity index (χ1) is 11.9. The highest BCUT2D eigenvalue weighted by molar-refractivity contribution is 5.80. The Labute approximate surface area is 151 Å². The molecule has 1 amide bonds. The van der Waals surface area contributed by atoms with Crippen molar-refractivity contribution < 1.29 is 14.3 Å². The number of hydrogen-bond donors (Lipinski definition) is 2. The maximum Gasteiger partial charge on any atom is 0.407 e. The van der Waals surface area contributed by atoms with E-state index in [-0.39, 0.29) is 12.1 Å². The van der Waals surface area contributed by atoms with Crippen LogP contribution in [0.4, 0.5) is 4.79 Å². The van der Waals surface area contributed by atoms with Crippen LogP contribution in [0.25, 0.3) is 0 Å². The van der Waals surface area contributed by atoms with Crippen molar-refractivity contribution in [3.8, 4) is 0 Å². The molecule has 1 unspecified atom stereocenters. The van der Waals surface area contributed by atoms with Crippen LogP contribution in [0.15, 0.2) is 4.99 Å². The van der Waals surface area contributed by atoms with Gasteiger partial charge in [-0.15, -0.1) is 0 Å². The predicted octanol–water partition coefficient (Wildman–Crippen LogP) is 1.98. The van der Waals surface area contributed by atoms with Gasteiger partial charge in [0.2, 0.25) is 0 Å². The predicted molar refractivity (Wildman–Crippen MR) is 98.9 cm³/mol. The Morgan fingerprint density at radius 3 is 2.68 bits per heavy atom. The van der Waals surface area contributed by atoms with Crippen molar-refractivity contribution >= 4 is 12.1 Å². The average molecular weight is 354 g/mol. The molecule has 25 heavy (non-hydrogen) atoms. The topological polar surface area (TPSA) is 75.2 Å². The van der Waals surface area contributed by atoms with Crippen LogP contribution in [-0.4, -0.2) is 68.0 Å². The lowest BCUT2D eigenvalue weighted by atomic mass is 10.2. The lowest BCUT2D eigenvalue weighted by Gasteiger charge is -2.23. The maximum absolute atomic E-state index is 11.9. The van der Waals surface area contributed by atoms with Crippen LogP contribution in [0.3, 0.4) is 0 Å². The molecule has 1 aliphatic carbocycles. The van der Waals surface area contributed by atoms with E-state index >= 15 is 0 Å². The second kappa shape index (κ2) is 9.27. The Morgan fingerprint density at radius 1 is 1.28 bits per heavy atom. The van der Waals surface area contributed by atoms with Gasteiger partial charge in [-0.3, -0.25) is 4.99 Å². The number of amides is 1. The van der Waals surface area contributed by atoms with Crippen molar-refractivity contribution in [2.45, 2.75) is 58.6 Å². The first-order valence-electron chi connectivity index (χ1n) is 9.48. The number of ether oxygens (including phenoxy) is 2. The van der Waals surface area contributed by atoms with Gasteiger partial charge >= 0.3 is 6.09 Å². The molecule has 144 valence electrons. The van der Waals surface area contributed by atoms with Crippen molar-refractivity contribution in [2.75, 3.05) is 39.4 Å². The van der Waals surface area contributed by atoms with Crippen LogP contribution in [0, 0.1) is 5.92 Å². The number of aliphatic imine (C=N–C) groups is 1. The minimum atomic E-state index is -0.473. The van der Waals surface area contributed by atoms with Gasteiger partial charge in [-0.2, -0.15) is 0 Å². The lowest BCUT2D eigenvalue weighted by Crippen LogP contribution is -2.44. The van der Waals surface area contributed by atoms with Crippen molar-refractivity contribution in [1.82, 2.24) is 15.5 Å². The monoisotopic (exact) mass is 354 g/mol. The highest BCUT2D eigenvalue weighted by Gasteiger charge is 2.27. The third-order valence-corrected chi connectivity index (χ3v) is 4.09. The number of rotatable bonds is 7. The lowest BCUT2D eigenvalue weighted by molar-refractivity contribution is 0.0507.